The first-order chi connectivity index (χ1) is 16.2. The average molecular weight is 476 g/mol. The monoisotopic (exact) mass is 475 g/mol. The molecule has 0 fully saturated rings. The summed E-state index contributed by atoms with van der Waals surface area (Å²) in [5, 5.41) is 7.49. The van der Waals surface area contributed by atoms with Crippen LogP contribution in [-0.2, 0) is 28.7 Å². The third-order valence-corrected chi connectivity index (χ3v) is 4.73. The Labute approximate surface area is 199 Å². The van der Waals surface area contributed by atoms with Gasteiger partial charge >= 0.3 is 5.97 Å². The molecule has 3 amide bonds. The number of hydrogen-bond acceptors (Lipinski definition) is 7. The SMILES string of the molecule is CCCCOC(=O)C(CC=O)NC(=O)C(CC(=O)c1ccccc1NC(C)=O)NC(=O)CCC. The number of anilines is 1. The van der Waals surface area contributed by atoms with E-state index in [0.29, 0.717) is 19.1 Å². The van der Waals surface area contributed by atoms with E-state index in [9.17, 15) is 28.8 Å². The number of ether oxygens (including phenoxy) is 1. The van der Waals surface area contributed by atoms with Gasteiger partial charge in [-0.15, -0.1) is 0 Å². The van der Waals surface area contributed by atoms with Crippen LogP contribution in [-0.4, -0.2) is 54.5 Å². The molecule has 0 aromatic heterocycles. The second-order valence-corrected chi connectivity index (χ2v) is 7.71. The predicted octanol–water partition coefficient (Wildman–Crippen LogP) is 1.92. The van der Waals surface area contributed by atoms with Crippen molar-refractivity contribution in [2.75, 3.05) is 11.9 Å². The van der Waals surface area contributed by atoms with Crippen LogP contribution in [0.5, 0.6) is 0 Å². The average Bonchev–Trinajstić information content (AvgIpc) is 2.78. The zero-order valence-electron chi connectivity index (χ0n) is 19.8. The topological polar surface area (TPSA) is 148 Å². The molecule has 3 N–H and O–H groups in total. The first-order valence-corrected chi connectivity index (χ1v) is 11.3. The summed E-state index contributed by atoms with van der Waals surface area (Å²) in [5.74, 6) is -2.88. The van der Waals surface area contributed by atoms with Crippen LogP contribution >= 0.6 is 0 Å². The van der Waals surface area contributed by atoms with Crippen LogP contribution in [0.15, 0.2) is 24.3 Å². The van der Waals surface area contributed by atoms with Gasteiger partial charge in [0.15, 0.2) is 5.78 Å². The minimum Gasteiger partial charge on any atom is -0.464 e. The Balaban J connectivity index is 3.07. The van der Waals surface area contributed by atoms with Gasteiger partial charge in [0.25, 0.3) is 0 Å². The number of nitrogens with one attached hydrogen (secondary N) is 3. The van der Waals surface area contributed by atoms with E-state index in [1.54, 1.807) is 25.1 Å². The van der Waals surface area contributed by atoms with E-state index in [2.05, 4.69) is 16.0 Å². The second kappa shape index (κ2) is 15.3. The van der Waals surface area contributed by atoms with E-state index in [1.807, 2.05) is 6.92 Å². The van der Waals surface area contributed by atoms with Crippen molar-refractivity contribution in [3.8, 4) is 0 Å². The van der Waals surface area contributed by atoms with Gasteiger partial charge in [-0.1, -0.05) is 32.4 Å². The molecule has 0 aliphatic rings. The van der Waals surface area contributed by atoms with Crippen LogP contribution in [0, 0.1) is 0 Å². The number of amides is 3. The molecule has 2 atom stereocenters. The number of esters is 1. The summed E-state index contributed by atoms with van der Waals surface area (Å²) >= 11 is 0. The number of rotatable bonds is 15. The molecule has 10 nitrogen and oxygen atoms in total. The largest absolute Gasteiger partial charge is 0.464 e. The van der Waals surface area contributed by atoms with Crippen molar-refractivity contribution in [3.05, 3.63) is 29.8 Å². The molecule has 1 aromatic rings. The lowest BCUT2D eigenvalue weighted by Crippen LogP contribution is -2.52. The minimum atomic E-state index is -1.30. The molecule has 0 heterocycles. The molecule has 1 rings (SSSR count). The van der Waals surface area contributed by atoms with Gasteiger partial charge in [-0.05, 0) is 25.0 Å². The smallest absolute Gasteiger partial charge is 0.329 e. The fourth-order valence-electron chi connectivity index (χ4n) is 3.02. The summed E-state index contributed by atoms with van der Waals surface area (Å²) in [5.41, 5.74) is 0.445. The van der Waals surface area contributed by atoms with E-state index >= 15 is 0 Å². The maximum Gasteiger partial charge on any atom is 0.329 e. The van der Waals surface area contributed by atoms with Gasteiger partial charge in [0.05, 0.1) is 12.3 Å². The summed E-state index contributed by atoms with van der Waals surface area (Å²) in [4.78, 5) is 72.9. The van der Waals surface area contributed by atoms with Crippen molar-refractivity contribution in [2.45, 2.75) is 71.4 Å². The summed E-state index contributed by atoms with van der Waals surface area (Å²) in [6.07, 6.45) is 1.83. The zero-order chi connectivity index (χ0) is 25.5. The van der Waals surface area contributed by atoms with E-state index in [1.165, 1.54) is 13.0 Å². The predicted molar refractivity (Wildman–Crippen MR) is 125 cm³/mol. The summed E-state index contributed by atoms with van der Waals surface area (Å²) in [7, 11) is 0. The fourth-order valence-corrected chi connectivity index (χ4v) is 3.02. The number of carbonyl (C=O) groups excluding carboxylic acids is 6. The minimum absolute atomic E-state index is 0.136. The van der Waals surface area contributed by atoms with Gasteiger partial charge in [0.2, 0.25) is 17.7 Å². The molecule has 0 spiro atoms. The highest BCUT2D eigenvalue weighted by Crippen LogP contribution is 2.18. The maximum absolute atomic E-state index is 13.0. The van der Waals surface area contributed by atoms with Crippen LogP contribution < -0.4 is 16.0 Å². The number of ketones is 1. The first kappa shape index (κ1) is 28.5. The molecule has 0 saturated heterocycles. The number of carbonyl (C=O) groups is 6. The third-order valence-electron chi connectivity index (χ3n) is 4.73. The van der Waals surface area contributed by atoms with Gasteiger partial charge in [-0.25, -0.2) is 4.79 Å². The summed E-state index contributed by atoms with van der Waals surface area (Å²) < 4.78 is 5.09. The number of aldehydes is 1. The Hall–Kier alpha value is -3.56. The lowest BCUT2D eigenvalue weighted by Gasteiger charge is -2.22. The van der Waals surface area contributed by atoms with Crippen LogP contribution in [0.25, 0.3) is 0 Å². The standard InChI is InChI=1S/C24H33N3O7/c1-4-6-14-34-24(33)19(12-13-28)27-23(32)20(26-22(31)9-5-2)15-21(30)17-10-7-8-11-18(17)25-16(3)29/h7-8,10-11,13,19-20H,4-6,9,12,14-15H2,1-3H3,(H,25,29)(H,26,31)(H,27,32). The fraction of sp³-hybridized carbons (Fsp3) is 0.500. The molecular weight excluding hydrogens is 442 g/mol. The number of Topliss-reactive ketones (excluding diaryl/α,β-unsaturated/α-hetero) is 1. The molecule has 0 saturated carbocycles. The lowest BCUT2D eigenvalue weighted by molar-refractivity contribution is -0.149. The van der Waals surface area contributed by atoms with Crippen LogP contribution in [0.2, 0.25) is 0 Å². The highest BCUT2D eigenvalue weighted by atomic mass is 16.5. The van der Waals surface area contributed by atoms with Crippen molar-refractivity contribution in [2.24, 2.45) is 0 Å². The molecule has 186 valence electrons. The van der Waals surface area contributed by atoms with Crippen molar-refractivity contribution in [1.29, 1.82) is 0 Å². The highest BCUT2D eigenvalue weighted by molar-refractivity contribution is 6.06. The lowest BCUT2D eigenvalue weighted by atomic mass is 10.0. The number of benzene rings is 1. The van der Waals surface area contributed by atoms with E-state index < -0.39 is 42.1 Å². The Morgan fingerprint density at radius 2 is 1.71 bits per heavy atom. The second-order valence-electron chi connectivity index (χ2n) is 7.71. The van der Waals surface area contributed by atoms with Crippen molar-refractivity contribution >= 4 is 41.4 Å². The zero-order valence-corrected chi connectivity index (χ0v) is 19.8. The van der Waals surface area contributed by atoms with Gasteiger partial charge in [0, 0.05) is 31.7 Å². The van der Waals surface area contributed by atoms with Gasteiger partial charge in [-0.3, -0.25) is 19.2 Å². The number of para-hydroxylation sites is 1. The number of unbranched alkanes of at least 4 members (excludes halogenated alkanes) is 1. The number of hydrogen-bond donors (Lipinski definition) is 3. The molecular formula is C24H33N3O7. The van der Waals surface area contributed by atoms with Gasteiger partial charge in [-0.2, -0.15) is 0 Å². The maximum atomic E-state index is 13.0. The van der Waals surface area contributed by atoms with Crippen molar-refractivity contribution in [3.63, 3.8) is 0 Å². The van der Waals surface area contributed by atoms with Gasteiger partial charge in [0.1, 0.15) is 18.4 Å². The Bertz CT molecular complexity index is 885. The summed E-state index contributed by atoms with van der Waals surface area (Å²) in [6.45, 7) is 5.16. The highest BCUT2D eigenvalue weighted by Gasteiger charge is 2.29. The van der Waals surface area contributed by atoms with E-state index in [0.717, 1.165) is 6.42 Å². The van der Waals surface area contributed by atoms with E-state index in [-0.39, 0.29) is 36.6 Å². The molecule has 1 aromatic carbocycles. The molecule has 2 unspecified atom stereocenters. The Morgan fingerprint density at radius 1 is 1.00 bits per heavy atom. The molecule has 0 aliphatic carbocycles. The first-order valence-electron chi connectivity index (χ1n) is 11.3. The van der Waals surface area contributed by atoms with Crippen LogP contribution in [0.4, 0.5) is 5.69 Å². The summed E-state index contributed by atoms with van der Waals surface area (Å²) in [6, 6.07) is 3.76. The molecule has 34 heavy (non-hydrogen) atoms. The van der Waals surface area contributed by atoms with Crippen LogP contribution in [0.3, 0.4) is 0 Å². The molecule has 0 bridgehead atoms. The third kappa shape index (κ3) is 9.93. The van der Waals surface area contributed by atoms with Crippen LogP contribution in [0.1, 0.15) is 69.7 Å². The molecule has 10 heteroatoms. The Kier molecular flexibility index (Phi) is 12.8. The van der Waals surface area contributed by atoms with Crippen molar-refractivity contribution < 1.29 is 33.5 Å². The van der Waals surface area contributed by atoms with Gasteiger partial charge < -0.3 is 25.5 Å². The normalized spacial score (nSPS) is 12.1. The Morgan fingerprint density at radius 3 is 2.32 bits per heavy atom. The quantitative estimate of drug-likeness (QED) is 0.152. The molecule has 0 aliphatic heterocycles. The molecule has 0 radical (unpaired) electrons. The van der Waals surface area contributed by atoms with Crippen molar-refractivity contribution in [1.82, 2.24) is 10.6 Å². The van der Waals surface area contributed by atoms with E-state index in [4.69, 9.17) is 4.74 Å².